The van der Waals surface area contributed by atoms with Gasteiger partial charge in [0.25, 0.3) is 0 Å². The van der Waals surface area contributed by atoms with Gasteiger partial charge in [0.15, 0.2) is 0 Å². The average Bonchev–Trinajstić information content (AvgIpc) is 3.60. The van der Waals surface area contributed by atoms with Gasteiger partial charge in [0, 0.05) is 12.1 Å². The molecule has 2 saturated heterocycles. The highest BCUT2D eigenvalue weighted by atomic mass is 16.6. The first-order chi connectivity index (χ1) is 20.1. The van der Waals surface area contributed by atoms with E-state index in [-0.39, 0.29) is 13.2 Å². The van der Waals surface area contributed by atoms with Crippen LogP contribution in [0.5, 0.6) is 0 Å². The largest absolute Gasteiger partial charge is 0.469 e. The third-order valence-corrected chi connectivity index (χ3v) is 7.56. The lowest BCUT2D eigenvalue weighted by Gasteiger charge is -2.23. The Labute approximate surface area is 242 Å². The number of carbonyl (C=O) groups excluding carboxylic acids is 6. The molecule has 0 amide bonds. The van der Waals surface area contributed by atoms with E-state index in [2.05, 4.69) is 10.6 Å². The Balaban J connectivity index is 2.02. The molecule has 8 unspecified atom stereocenters. The van der Waals surface area contributed by atoms with E-state index in [0.29, 0.717) is 11.1 Å². The van der Waals surface area contributed by atoms with Crippen molar-refractivity contribution < 1.29 is 57.2 Å². The van der Waals surface area contributed by atoms with Crippen molar-refractivity contribution in [1.29, 1.82) is 0 Å². The van der Waals surface area contributed by atoms with E-state index in [0.717, 1.165) is 14.2 Å². The third-order valence-electron chi connectivity index (χ3n) is 7.56. The van der Waals surface area contributed by atoms with E-state index < -0.39 is 83.7 Å². The molecule has 2 N–H and O–H groups in total. The Bertz CT molecular complexity index is 1090. The summed E-state index contributed by atoms with van der Waals surface area (Å²) in [5.41, 5.74) is 1.02. The number of rotatable bonds is 10. The fourth-order valence-electron chi connectivity index (χ4n) is 5.72. The molecule has 8 atom stereocenters. The van der Waals surface area contributed by atoms with Crippen LogP contribution in [0.15, 0.2) is 24.3 Å². The third kappa shape index (κ3) is 6.23. The number of esters is 6. The zero-order valence-corrected chi connectivity index (χ0v) is 24.2. The summed E-state index contributed by atoms with van der Waals surface area (Å²) in [5, 5.41) is 6.05. The van der Waals surface area contributed by atoms with Crippen LogP contribution in [0, 0.1) is 23.7 Å². The summed E-state index contributed by atoms with van der Waals surface area (Å²) < 4.78 is 30.0. The van der Waals surface area contributed by atoms with Gasteiger partial charge in [-0.1, -0.05) is 24.3 Å². The molecule has 230 valence electrons. The summed E-state index contributed by atoms with van der Waals surface area (Å²) >= 11 is 0. The first-order valence-corrected chi connectivity index (χ1v) is 13.4. The van der Waals surface area contributed by atoms with Gasteiger partial charge in [-0.2, -0.15) is 0 Å². The maximum Gasteiger partial charge on any atom is 0.324 e. The molecule has 1 aromatic rings. The Hall–Kier alpha value is -4.04. The summed E-state index contributed by atoms with van der Waals surface area (Å²) in [6.45, 7) is 3.35. The zero-order valence-electron chi connectivity index (χ0n) is 24.2. The Morgan fingerprint density at radius 3 is 1.07 bits per heavy atom. The predicted octanol–water partition coefficient (Wildman–Crippen LogP) is -0.00460. The zero-order chi connectivity index (χ0) is 31.1. The molecule has 0 radical (unpaired) electrons. The quantitative estimate of drug-likeness (QED) is 0.273. The lowest BCUT2D eigenvalue weighted by Crippen LogP contribution is -2.42. The molecule has 2 aliphatic rings. The number of nitrogens with one attached hydrogen (secondary N) is 2. The van der Waals surface area contributed by atoms with E-state index in [1.807, 2.05) is 0 Å². The van der Waals surface area contributed by atoms with Crippen molar-refractivity contribution in [1.82, 2.24) is 10.6 Å². The second-order valence-corrected chi connectivity index (χ2v) is 9.61. The van der Waals surface area contributed by atoms with Gasteiger partial charge in [0.05, 0.1) is 65.3 Å². The molecule has 1 aromatic carbocycles. The highest BCUT2D eigenvalue weighted by Crippen LogP contribution is 2.42. The van der Waals surface area contributed by atoms with Gasteiger partial charge in [-0.3, -0.25) is 39.4 Å². The minimum atomic E-state index is -1.22. The Kier molecular flexibility index (Phi) is 11.0. The monoisotopic (exact) mass is 592 g/mol. The van der Waals surface area contributed by atoms with Gasteiger partial charge < -0.3 is 28.4 Å². The number of carbonyl (C=O) groups is 6. The van der Waals surface area contributed by atoms with Crippen LogP contribution in [0.25, 0.3) is 0 Å². The van der Waals surface area contributed by atoms with Crippen molar-refractivity contribution in [3.63, 3.8) is 0 Å². The SMILES string of the molecule is CCOC(=O)C1NC(c2ccc(C3NC(C(=O)OCC)C(C(=O)OC)C3C(=O)OC)cc2)C(C(=O)OC)C1C(=O)OC. The van der Waals surface area contributed by atoms with Gasteiger partial charge in [0.2, 0.25) is 0 Å². The van der Waals surface area contributed by atoms with E-state index in [9.17, 15) is 28.8 Å². The first kappa shape index (κ1) is 32.5. The molecule has 2 aliphatic heterocycles. The molecule has 2 heterocycles. The van der Waals surface area contributed by atoms with Crippen LogP contribution in [0.2, 0.25) is 0 Å². The smallest absolute Gasteiger partial charge is 0.324 e. The molecule has 14 heteroatoms. The molecule has 0 bridgehead atoms. The molecular formula is C28H36N2O12. The van der Waals surface area contributed by atoms with Crippen LogP contribution in [0.3, 0.4) is 0 Å². The minimum Gasteiger partial charge on any atom is -0.469 e. The summed E-state index contributed by atoms with van der Waals surface area (Å²) in [6.07, 6.45) is 0. The van der Waals surface area contributed by atoms with Crippen LogP contribution in [0.1, 0.15) is 37.1 Å². The molecular weight excluding hydrogens is 556 g/mol. The van der Waals surface area contributed by atoms with E-state index in [4.69, 9.17) is 28.4 Å². The molecule has 0 aromatic heterocycles. The number of ether oxygens (including phenoxy) is 6. The molecule has 14 nitrogen and oxygen atoms in total. The van der Waals surface area contributed by atoms with Crippen LogP contribution in [-0.4, -0.2) is 89.6 Å². The molecule has 42 heavy (non-hydrogen) atoms. The summed E-state index contributed by atoms with van der Waals surface area (Å²) in [4.78, 5) is 76.7. The first-order valence-electron chi connectivity index (χ1n) is 13.4. The Morgan fingerprint density at radius 1 is 0.524 bits per heavy atom. The topological polar surface area (TPSA) is 182 Å². The van der Waals surface area contributed by atoms with Gasteiger partial charge in [0.1, 0.15) is 12.1 Å². The standard InChI is InChI=1S/C28H36N2O12/c1-7-41-27(35)21-17(25(33)39-5)15(23(31)37-3)19(29-21)13-9-11-14(12-10-13)20-16(24(32)38-4)18(26(34)40-6)22(30-20)28(36)42-8-2/h9-12,15-22,29-30H,7-8H2,1-6H3. The number of hydrogen-bond donors (Lipinski definition) is 2. The summed E-state index contributed by atoms with van der Waals surface area (Å²) in [7, 11) is 4.65. The highest BCUT2D eigenvalue weighted by molar-refractivity contribution is 5.92. The maximum absolute atomic E-state index is 12.9. The molecule has 0 spiro atoms. The van der Waals surface area contributed by atoms with Crippen molar-refractivity contribution >= 4 is 35.8 Å². The van der Waals surface area contributed by atoms with Crippen molar-refractivity contribution in [3.05, 3.63) is 35.4 Å². The number of hydrogen-bond acceptors (Lipinski definition) is 14. The van der Waals surface area contributed by atoms with E-state index >= 15 is 0 Å². The van der Waals surface area contributed by atoms with Crippen molar-refractivity contribution in [2.75, 3.05) is 41.7 Å². The molecule has 3 rings (SSSR count). The normalized spacial score (nSPS) is 28.3. The molecule has 2 fully saturated rings. The minimum absolute atomic E-state index is 0.0578. The van der Waals surface area contributed by atoms with Crippen molar-refractivity contribution in [2.24, 2.45) is 23.7 Å². The lowest BCUT2D eigenvalue weighted by atomic mass is 9.82. The number of methoxy groups -OCH3 is 4. The second-order valence-electron chi connectivity index (χ2n) is 9.61. The molecule has 0 saturated carbocycles. The summed E-state index contributed by atoms with van der Waals surface area (Å²) in [5.74, 6) is -9.21. The Morgan fingerprint density at radius 2 is 0.810 bits per heavy atom. The maximum atomic E-state index is 12.9. The van der Waals surface area contributed by atoms with E-state index in [1.54, 1.807) is 38.1 Å². The summed E-state index contributed by atoms with van der Waals surface area (Å²) in [6, 6.07) is 2.45. The fraction of sp³-hybridized carbons (Fsp3) is 0.571. The van der Waals surface area contributed by atoms with Crippen molar-refractivity contribution in [2.45, 2.75) is 38.0 Å². The second kappa shape index (κ2) is 14.2. The van der Waals surface area contributed by atoms with Crippen LogP contribution in [0.4, 0.5) is 0 Å². The number of benzene rings is 1. The van der Waals surface area contributed by atoms with Crippen LogP contribution < -0.4 is 10.6 Å². The van der Waals surface area contributed by atoms with Gasteiger partial charge >= 0.3 is 35.8 Å². The van der Waals surface area contributed by atoms with Gasteiger partial charge in [-0.05, 0) is 25.0 Å². The van der Waals surface area contributed by atoms with Gasteiger partial charge in [-0.15, -0.1) is 0 Å². The highest BCUT2D eigenvalue weighted by Gasteiger charge is 2.57. The lowest BCUT2D eigenvalue weighted by molar-refractivity contribution is -0.160. The van der Waals surface area contributed by atoms with Gasteiger partial charge in [-0.25, -0.2) is 0 Å². The predicted molar refractivity (Wildman–Crippen MR) is 141 cm³/mol. The van der Waals surface area contributed by atoms with Crippen LogP contribution >= 0.6 is 0 Å². The molecule has 0 aliphatic carbocycles. The van der Waals surface area contributed by atoms with E-state index in [1.165, 1.54) is 14.2 Å². The fourth-order valence-corrected chi connectivity index (χ4v) is 5.72. The average molecular weight is 593 g/mol. The van der Waals surface area contributed by atoms with Crippen LogP contribution in [-0.2, 0) is 57.2 Å². The van der Waals surface area contributed by atoms with Crippen molar-refractivity contribution in [3.8, 4) is 0 Å².